The normalized spacial score (nSPS) is 8.40. The molecule has 15 heavy (non-hydrogen) atoms. The lowest BCUT2D eigenvalue weighted by atomic mass is 10.4. The molecule has 6 N–H and O–H groups in total. The highest BCUT2D eigenvalue weighted by Crippen LogP contribution is 1.70. The van der Waals surface area contributed by atoms with Gasteiger partial charge in [0.1, 0.15) is 0 Å². The molecule has 0 saturated heterocycles. The van der Waals surface area contributed by atoms with E-state index in [-0.39, 0.29) is 19.1 Å². The number of amides is 1. The molecule has 88 valence electrons. The third-order valence-electron chi connectivity index (χ3n) is 1.03. The van der Waals surface area contributed by atoms with Crippen molar-refractivity contribution < 1.29 is 29.7 Å². The summed E-state index contributed by atoms with van der Waals surface area (Å²) in [6, 6.07) is 0. The molecule has 0 fully saturated rings. The minimum atomic E-state index is -1.82. The maximum atomic E-state index is 10.4. The lowest BCUT2D eigenvalue weighted by molar-refractivity contribution is -0.159. The fourth-order valence-corrected chi connectivity index (χ4v) is 0.379. The van der Waals surface area contributed by atoms with Gasteiger partial charge in [-0.3, -0.25) is 4.79 Å². The van der Waals surface area contributed by atoms with Crippen LogP contribution in [-0.2, 0) is 14.4 Å². The molecule has 0 unspecified atom stereocenters. The lowest BCUT2D eigenvalue weighted by Gasteiger charge is -1.98. The molecule has 0 aromatic carbocycles. The van der Waals surface area contributed by atoms with Crippen LogP contribution in [0.15, 0.2) is 0 Å². The second-order valence-electron chi connectivity index (χ2n) is 2.24. The number of carboxylic acids is 2. The Morgan fingerprint density at radius 1 is 1.13 bits per heavy atom. The highest BCUT2D eigenvalue weighted by Gasteiger charge is 2.04. The highest BCUT2D eigenvalue weighted by molar-refractivity contribution is 6.27. The Balaban J connectivity index is 0. The third kappa shape index (κ3) is 15.1. The number of carbonyl (C=O) groups excluding carboxylic acids is 1. The Hall–Kier alpha value is -1.67. The van der Waals surface area contributed by atoms with Crippen molar-refractivity contribution in [2.75, 3.05) is 19.7 Å². The average Bonchev–Trinajstić information content (AvgIpc) is 2.18. The van der Waals surface area contributed by atoms with E-state index < -0.39 is 11.9 Å². The number of aliphatic hydroxyl groups excluding tert-OH is 1. The Kier molecular flexibility index (Phi) is 11.0. The van der Waals surface area contributed by atoms with Crippen LogP contribution in [0.3, 0.4) is 0 Å². The summed E-state index contributed by atoms with van der Waals surface area (Å²) < 4.78 is 0. The summed E-state index contributed by atoms with van der Waals surface area (Å²) in [7, 11) is 0. The van der Waals surface area contributed by atoms with E-state index in [0.29, 0.717) is 13.0 Å². The van der Waals surface area contributed by atoms with E-state index in [1.165, 1.54) is 0 Å². The molecule has 0 aromatic heterocycles. The van der Waals surface area contributed by atoms with Crippen LogP contribution in [0.1, 0.15) is 6.42 Å². The zero-order valence-electron chi connectivity index (χ0n) is 7.97. The average molecular weight is 222 g/mol. The van der Waals surface area contributed by atoms with Crippen LogP contribution in [0.25, 0.3) is 0 Å². The number of aliphatic carboxylic acids is 2. The van der Waals surface area contributed by atoms with Gasteiger partial charge in [0.25, 0.3) is 0 Å². The van der Waals surface area contributed by atoms with Crippen LogP contribution in [0, 0.1) is 0 Å². The van der Waals surface area contributed by atoms with Crippen molar-refractivity contribution in [3.63, 3.8) is 0 Å². The molecule has 0 rings (SSSR count). The minimum absolute atomic E-state index is 0.0193. The number of nitrogens with one attached hydrogen (secondary N) is 1. The minimum Gasteiger partial charge on any atom is -0.473 e. The maximum absolute atomic E-state index is 10.4. The number of hydrogen-bond donors (Lipinski definition) is 5. The molecule has 0 bridgehead atoms. The summed E-state index contributed by atoms with van der Waals surface area (Å²) in [6.07, 6.45) is 0.589. The number of carbonyl (C=O) groups is 3. The summed E-state index contributed by atoms with van der Waals surface area (Å²) in [5, 5.41) is 25.6. The number of hydrogen-bond acceptors (Lipinski definition) is 5. The summed E-state index contributed by atoms with van der Waals surface area (Å²) >= 11 is 0. The van der Waals surface area contributed by atoms with Crippen LogP contribution in [-0.4, -0.2) is 52.9 Å². The van der Waals surface area contributed by atoms with Gasteiger partial charge in [0.05, 0.1) is 6.54 Å². The molecule has 0 aliphatic rings. The van der Waals surface area contributed by atoms with Crippen LogP contribution in [0.5, 0.6) is 0 Å². The van der Waals surface area contributed by atoms with Gasteiger partial charge in [0.2, 0.25) is 5.91 Å². The number of nitrogens with two attached hydrogens (primary N) is 1. The molecule has 8 nitrogen and oxygen atoms in total. The summed E-state index contributed by atoms with van der Waals surface area (Å²) in [5.41, 5.74) is 4.98. The molecule has 0 radical (unpaired) electrons. The zero-order chi connectivity index (χ0) is 12.3. The molecule has 0 aliphatic heterocycles. The van der Waals surface area contributed by atoms with E-state index in [1.807, 2.05) is 0 Å². The number of rotatable bonds is 4. The van der Waals surface area contributed by atoms with Gasteiger partial charge in [-0.1, -0.05) is 0 Å². The fraction of sp³-hybridized carbons (Fsp3) is 0.571. The first kappa shape index (κ1) is 15.8. The first-order valence-electron chi connectivity index (χ1n) is 3.99. The monoisotopic (exact) mass is 222 g/mol. The standard InChI is InChI=1S/C5H12N2O2.C2H2O4/c6-4-5(9)7-2-1-3-8;3-1(4)2(5)6/h8H,1-4,6H2,(H,7,9);(H,3,4)(H,5,6). The van der Waals surface area contributed by atoms with E-state index >= 15 is 0 Å². The fourth-order valence-electron chi connectivity index (χ4n) is 0.379. The summed E-state index contributed by atoms with van der Waals surface area (Å²) in [4.78, 5) is 28.6. The van der Waals surface area contributed by atoms with Gasteiger partial charge in [-0.2, -0.15) is 0 Å². The number of aliphatic hydroxyl groups is 1. The van der Waals surface area contributed by atoms with Gasteiger partial charge in [-0.25, -0.2) is 9.59 Å². The van der Waals surface area contributed by atoms with Gasteiger partial charge in [-0.15, -0.1) is 0 Å². The van der Waals surface area contributed by atoms with Crippen molar-refractivity contribution in [3.8, 4) is 0 Å². The van der Waals surface area contributed by atoms with Gasteiger partial charge < -0.3 is 26.4 Å². The van der Waals surface area contributed by atoms with Gasteiger partial charge in [-0.05, 0) is 6.42 Å². The molecule has 0 atom stereocenters. The van der Waals surface area contributed by atoms with Crippen molar-refractivity contribution in [1.29, 1.82) is 0 Å². The van der Waals surface area contributed by atoms with Crippen molar-refractivity contribution >= 4 is 17.8 Å². The highest BCUT2D eigenvalue weighted by atomic mass is 16.4. The van der Waals surface area contributed by atoms with Crippen LogP contribution >= 0.6 is 0 Å². The summed E-state index contributed by atoms with van der Waals surface area (Å²) in [5.74, 6) is -3.83. The molecule has 8 heteroatoms. The Morgan fingerprint density at radius 2 is 1.60 bits per heavy atom. The molecule has 0 aliphatic carbocycles. The lowest BCUT2D eigenvalue weighted by Crippen LogP contribution is -2.31. The van der Waals surface area contributed by atoms with E-state index in [2.05, 4.69) is 5.32 Å². The zero-order valence-corrected chi connectivity index (χ0v) is 7.97. The maximum Gasteiger partial charge on any atom is 0.414 e. The SMILES string of the molecule is NCC(=O)NCCCO.O=C(O)C(=O)O. The first-order chi connectivity index (χ1) is 6.95. The largest absolute Gasteiger partial charge is 0.473 e. The van der Waals surface area contributed by atoms with E-state index in [1.54, 1.807) is 0 Å². The second kappa shape index (κ2) is 10.4. The molecule has 0 aromatic rings. The van der Waals surface area contributed by atoms with E-state index in [9.17, 15) is 4.79 Å². The molecule has 0 saturated carbocycles. The van der Waals surface area contributed by atoms with Crippen LogP contribution < -0.4 is 11.1 Å². The second-order valence-corrected chi connectivity index (χ2v) is 2.24. The summed E-state index contributed by atoms with van der Waals surface area (Å²) in [6.45, 7) is 0.628. The van der Waals surface area contributed by atoms with E-state index in [4.69, 9.17) is 30.6 Å². The molecule has 1 amide bonds. The predicted molar refractivity (Wildman–Crippen MR) is 49.0 cm³/mol. The van der Waals surface area contributed by atoms with Crippen LogP contribution in [0.2, 0.25) is 0 Å². The molecule has 0 heterocycles. The van der Waals surface area contributed by atoms with Crippen molar-refractivity contribution in [3.05, 3.63) is 0 Å². The first-order valence-corrected chi connectivity index (χ1v) is 3.99. The molecule has 0 spiro atoms. The van der Waals surface area contributed by atoms with Gasteiger partial charge in [0, 0.05) is 13.2 Å². The smallest absolute Gasteiger partial charge is 0.414 e. The van der Waals surface area contributed by atoms with Gasteiger partial charge in [0.15, 0.2) is 0 Å². The third-order valence-corrected chi connectivity index (χ3v) is 1.03. The Bertz CT molecular complexity index is 206. The number of carboxylic acid groups (broad SMARTS) is 2. The van der Waals surface area contributed by atoms with E-state index in [0.717, 1.165) is 0 Å². The topological polar surface area (TPSA) is 150 Å². The van der Waals surface area contributed by atoms with Crippen molar-refractivity contribution in [2.24, 2.45) is 5.73 Å². The molecular weight excluding hydrogens is 208 g/mol. The van der Waals surface area contributed by atoms with Gasteiger partial charge >= 0.3 is 11.9 Å². The predicted octanol–water partition coefficient (Wildman–Crippen LogP) is -2.40. The Labute approximate surface area is 85.7 Å². The van der Waals surface area contributed by atoms with Crippen molar-refractivity contribution in [2.45, 2.75) is 6.42 Å². The Morgan fingerprint density at radius 3 is 1.87 bits per heavy atom. The molecular formula is C7H14N2O6. The quantitative estimate of drug-likeness (QED) is 0.263. The van der Waals surface area contributed by atoms with Crippen molar-refractivity contribution in [1.82, 2.24) is 5.32 Å². The van der Waals surface area contributed by atoms with Crippen LogP contribution in [0.4, 0.5) is 0 Å².